The molecule has 0 aliphatic carbocycles. The molecule has 3 aromatic rings. The third-order valence-electron chi connectivity index (χ3n) is 3.31. The summed E-state index contributed by atoms with van der Waals surface area (Å²) in [6.45, 7) is 0. The van der Waals surface area contributed by atoms with E-state index in [0.717, 1.165) is 23.1 Å². The number of carbonyl (C=O) groups is 1. The Morgan fingerprint density at radius 2 is 2.16 bits per heavy atom. The van der Waals surface area contributed by atoms with Gasteiger partial charge in [-0.1, -0.05) is 18.2 Å². The summed E-state index contributed by atoms with van der Waals surface area (Å²) in [6.07, 6.45) is 3.03. The fraction of sp³-hybridized carbons (Fsp3) is 0.200. The maximum atomic E-state index is 12.3. The van der Waals surface area contributed by atoms with Gasteiger partial charge in [-0.05, 0) is 18.6 Å². The average Bonchev–Trinajstić information content (AvgIpc) is 3.02. The lowest BCUT2D eigenvalue weighted by Gasteiger charge is -2.01. The van der Waals surface area contributed by atoms with E-state index >= 15 is 0 Å². The standard InChI is InChI=1S/C15H14N2OS/c1-17-11(8-9-16-17)6-7-14(18)13-10-19-15-5-3-2-4-12(13)15/h2-5,8-10H,6-7H2,1H3. The quantitative estimate of drug-likeness (QED) is 0.681. The van der Waals surface area contributed by atoms with E-state index in [4.69, 9.17) is 0 Å². The van der Waals surface area contributed by atoms with E-state index in [1.54, 1.807) is 17.5 Å². The zero-order valence-corrected chi connectivity index (χ0v) is 11.5. The number of carbonyl (C=O) groups excluding carboxylic acids is 1. The Kier molecular flexibility index (Phi) is 3.17. The number of hydrogen-bond donors (Lipinski definition) is 0. The number of aryl methyl sites for hydroxylation is 2. The van der Waals surface area contributed by atoms with Gasteiger partial charge in [-0.15, -0.1) is 11.3 Å². The number of aromatic nitrogens is 2. The summed E-state index contributed by atoms with van der Waals surface area (Å²) in [5.41, 5.74) is 1.94. The van der Waals surface area contributed by atoms with E-state index in [0.29, 0.717) is 6.42 Å². The van der Waals surface area contributed by atoms with E-state index in [1.807, 2.05) is 41.4 Å². The molecule has 0 saturated heterocycles. The lowest BCUT2D eigenvalue weighted by Crippen LogP contribution is -2.04. The van der Waals surface area contributed by atoms with Crippen LogP contribution in [0.5, 0.6) is 0 Å². The molecule has 3 nitrogen and oxygen atoms in total. The van der Waals surface area contributed by atoms with Crippen molar-refractivity contribution < 1.29 is 4.79 Å². The molecule has 0 atom stereocenters. The molecule has 0 unspecified atom stereocenters. The largest absolute Gasteiger partial charge is 0.294 e. The monoisotopic (exact) mass is 270 g/mol. The van der Waals surface area contributed by atoms with E-state index in [9.17, 15) is 4.79 Å². The van der Waals surface area contributed by atoms with Gasteiger partial charge in [0.2, 0.25) is 0 Å². The number of nitrogens with zero attached hydrogens (tertiary/aromatic N) is 2. The van der Waals surface area contributed by atoms with Crippen molar-refractivity contribution in [3.8, 4) is 0 Å². The molecule has 1 aromatic carbocycles. The van der Waals surface area contributed by atoms with Crippen LogP contribution in [0.4, 0.5) is 0 Å². The molecule has 2 heterocycles. The minimum absolute atomic E-state index is 0.207. The van der Waals surface area contributed by atoms with Crippen LogP contribution in [0.15, 0.2) is 41.9 Å². The maximum absolute atomic E-state index is 12.3. The number of fused-ring (bicyclic) bond motifs is 1. The first-order valence-corrected chi connectivity index (χ1v) is 7.10. The lowest BCUT2D eigenvalue weighted by atomic mass is 10.0. The molecule has 19 heavy (non-hydrogen) atoms. The first-order chi connectivity index (χ1) is 9.25. The van der Waals surface area contributed by atoms with Crippen molar-refractivity contribution in [2.75, 3.05) is 0 Å². The van der Waals surface area contributed by atoms with E-state index in [1.165, 1.54) is 4.70 Å². The van der Waals surface area contributed by atoms with Gasteiger partial charge in [0.15, 0.2) is 5.78 Å². The Balaban J connectivity index is 1.79. The van der Waals surface area contributed by atoms with Crippen LogP contribution < -0.4 is 0 Å². The number of ketones is 1. The van der Waals surface area contributed by atoms with Gasteiger partial charge in [0.1, 0.15) is 0 Å². The van der Waals surface area contributed by atoms with Gasteiger partial charge < -0.3 is 0 Å². The molecule has 2 aromatic heterocycles. The Morgan fingerprint density at radius 3 is 2.95 bits per heavy atom. The third kappa shape index (κ3) is 2.31. The summed E-state index contributed by atoms with van der Waals surface area (Å²) in [6, 6.07) is 10.0. The van der Waals surface area contributed by atoms with Gasteiger partial charge in [-0.3, -0.25) is 9.48 Å². The van der Waals surface area contributed by atoms with Crippen LogP contribution in [0.2, 0.25) is 0 Å². The molecule has 0 saturated carbocycles. The second-order valence-corrected chi connectivity index (χ2v) is 5.43. The van der Waals surface area contributed by atoms with Crippen molar-refractivity contribution in [3.63, 3.8) is 0 Å². The number of hydrogen-bond acceptors (Lipinski definition) is 3. The van der Waals surface area contributed by atoms with Gasteiger partial charge in [-0.2, -0.15) is 5.10 Å². The van der Waals surface area contributed by atoms with Crippen molar-refractivity contribution in [1.82, 2.24) is 9.78 Å². The molecule has 3 rings (SSSR count). The van der Waals surface area contributed by atoms with Crippen LogP contribution >= 0.6 is 11.3 Å². The third-order valence-corrected chi connectivity index (χ3v) is 4.28. The van der Waals surface area contributed by atoms with Gasteiger partial charge in [0.25, 0.3) is 0 Å². The van der Waals surface area contributed by atoms with Crippen molar-refractivity contribution in [2.24, 2.45) is 7.05 Å². The highest BCUT2D eigenvalue weighted by atomic mass is 32.1. The lowest BCUT2D eigenvalue weighted by molar-refractivity contribution is 0.0984. The number of thiophene rings is 1. The van der Waals surface area contributed by atoms with Crippen LogP contribution in [0.3, 0.4) is 0 Å². The van der Waals surface area contributed by atoms with Crippen molar-refractivity contribution in [1.29, 1.82) is 0 Å². The highest BCUT2D eigenvalue weighted by Gasteiger charge is 2.12. The molecule has 96 valence electrons. The average molecular weight is 270 g/mol. The fourth-order valence-electron chi connectivity index (χ4n) is 2.22. The Morgan fingerprint density at radius 1 is 1.32 bits per heavy atom. The predicted octanol–water partition coefficient (Wildman–Crippen LogP) is 3.45. The summed E-state index contributed by atoms with van der Waals surface area (Å²) in [5.74, 6) is 0.207. The molecular weight excluding hydrogens is 256 g/mol. The molecule has 0 bridgehead atoms. The van der Waals surface area contributed by atoms with Crippen LogP contribution in [0.1, 0.15) is 22.5 Å². The molecule has 0 aliphatic rings. The van der Waals surface area contributed by atoms with Crippen LogP contribution in [-0.4, -0.2) is 15.6 Å². The Labute approximate surface area is 115 Å². The molecule has 0 spiro atoms. The SMILES string of the molecule is Cn1nccc1CCC(=O)c1csc2ccccc12. The zero-order valence-electron chi connectivity index (χ0n) is 10.7. The maximum Gasteiger partial charge on any atom is 0.164 e. The molecule has 0 amide bonds. The van der Waals surface area contributed by atoms with Crippen molar-refractivity contribution >= 4 is 27.2 Å². The highest BCUT2D eigenvalue weighted by molar-refractivity contribution is 7.17. The van der Waals surface area contributed by atoms with Crippen LogP contribution in [-0.2, 0) is 13.5 Å². The van der Waals surface area contributed by atoms with Gasteiger partial charge in [-0.25, -0.2) is 0 Å². The van der Waals surface area contributed by atoms with Gasteiger partial charge >= 0.3 is 0 Å². The van der Waals surface area contributed by atoms with E-state index < -0.39 is 0 Å². The molecule has 0 aliphatic heterocycles. The normalized spacial score (nSPS) is 11.0. The summed E-state index contributed by atoms with van der Waals surface area (Å²) in [5, 5.41) is 7.15. The second kappa shape index (κ2) is 4.97. The predicted molar refractivity (Wildman–Crippen MR) is 77.7 cm³/mol. The number of Topliss-reactive ketones (excluding diaryl/α,β-unsaturated/α-hetero) is 1. The minimum Gasteiger partial charge on any atom is -0.294 e. The van der Waals surface area contributed by atoms with Crippen molar-refractivity contribution in [3.05, 3.63) is 53.2 Å². The first kappa shape index (κ1) is 12.1. The smallest absolute Gasteiger partial charge is 0.164 e. The second-order valence-electron chi connectivity index (χ2n) is 4.51. The number of benzene rings is 1. The molecule has 0 radical (unpaired) electrons. The van der Waals surface area contributed by atoms with E-state index in [2.05, 4.69) is 11.2 Å². The van der Waals surface area contributed by atoms with E-state index in [-0.39, 0.29) is 5.78 Å². The van der Waals surface area contributed by atoms with Crippen molar-refractivity contribution in [2.45, 2.75) is 12.8 Å². The molecule has 0 N–H and O–H groups in total. The summed E-state index contributed by atoms with van der Waals surface area (Å²) < 4.78 is 2.99. The Bertz CT molecular complexity index is 726. The van der Waals surface area contributed by atoms with Crippen LogP contribution in [0.25, 0.3) is 10.1 Å². The summed E-state index contributed by atoms with van der Waals surface area (Å²) in [4.78, 5) is 12.3. The van der Waals surface area contributed by atoms with Crippen LogP contribution in [0, 0.1) is 0 Å². The number of rotatable bonds is 4. The van der Waals surface area contributed by atoms with Gasteiger partial charge in [0, 0.05) is 46.4 Å². The fourth-order valence-corrected chi connectivity index (χ4v) is 3.18. The first-order valence-electron chi connectivity index (χ1n) is 6.22. The topological polar surface area (TPSA) is 34.9 Å². The molecular formula is C15H14N2OS. The minimum atomic E-state index is 0.207. The molecule has 0 fully saturated rings. The highest BCUT2D eigenvalue weighted by Crippen LogP contribution is 2.26. The molecule has 4 heteroatoms. The Hall–Kier alpha value is -1.94. The summed E-state index contributed by atoms with van der Waals surface area (Å²) >= 11 is 1.63. The zero-order chi connectivity index (χ0) is 13.2. The summed E-state index contributed by atoms with van der Waals surface area (Å²) in [7, 11) is 1.90. The van der Waals surface area contributed by atoms with Gasteiger partial charge in [0.05, 0.1) is 0 Å².